The fourth-order valence-corrected chi connectivity index (χ4v) is 4.69. The van der Waals surface area contributed by atoms with Crippen LogP contribution in [0.25, 0.3) is 11.3 Å². The van der Waals surface area contributed by atoms with Gasteiger partial charge in [-0.05, 0) is 63.2 Å². The second-order valence-electron chi connectivity index (χ2n) is 8.35. The van der Waals surface area contributed by atoms with E-state index in [-0.39, 0.29) is 0 Å². The summed E-state index contributed by atoms with van der Waals surface area (Å²) in [5, 5.41) is 3.35. The maximum Gasteiger partial charge on any atom is 0.227 e. The molecule has 31 heavy (non-hydrogen) atoms. The van der Waals surface area contributed by atoms with Crippen molar-refractivity contribution in [3.05, 3.63) is 54.4 Å². The predicted octanol–water partition coefficient (Wildman–Crippen LogP) is 3.88. The third-order valence-electron chi connectivity index (χ3n) is 6.26. The first-order valence-corrected chi connectivity index (χ1v) is 10.9. The number of rotatable bonds is 6. The third kappa shape index (κ3) is 3.93. The van der Waals surface area contributed by atoms with Gasteiger partial charge in [0.05, 0.1) is 12.3 Å². The van der Waals surface area contributed by atoms with Crippen LogP contribution in [0.2, 0.25) is 0 Å². The van der Waals surface area contributed by atoms with Crippen LogP contribution in [-0.4, -0.2) is 58.7 Å². The number of fused-ring (bicyclic) bond motifs is 2. The summed E-state index contributed by atoms with van der Waals surface area (Å²) in [6.45, 7) is 7.00. The Bertz CT molecular complexity index is 1070. The fraction of sp³-hybridized carbons (Fsp3) is 0.375. The van der Waals surface area contributed by atoms with Crippen LogP contribution in [0.3, 0.4) is 0 Å². The van der Waals surface area contributed by atoms with Gasteiger partial charge in [0.15, 0.2) is 0 Å². The number of benzene rings is 1. The molecule has 0 saturated carbocycles. The van der Waals surface area contributed by atoms with Crippen molar-refractivity contribution in [1.29, 1.82) is 0 Å². The molecule has 5 rings (SSSR count). The number of aromatic nitrogens is 3. The average Bonchev–Trinajstić information content (AvgIpc) is 3.34. The number of likely N-dealkylation sites (N-methyl/N-ethyl adjacent to an activating group) is 1. The molecule has 2 aliphatic rings. The summed E-state index contributed by atoms with van der Waals surface area (Å²) in [5.74, 6) is 1.19. The van der Waals surface area contributed by atoms with E-state index in [0.717, 1.165) is 30.0 Å². The molecule has 2 aromatic heterocycles. The summed E-state index contributed by atoms with van der Waals surface area (Å²) in [4.78, 5) is 18.4. The SMILES string of the molecule is CCOc1ccc(-c2ccnc(Nc3ccc(N4C[C@@H]5C[C@H]4CN5C)c(C)c3)n2)cn1. The van der Waals surface area contributed by atoms with Gasteiger partial charge in [-0.1, -0.05) is 0 Å². The second kappa shape index (κ2) is 8.15. The number of pyridine rings is 1. The molecule has 0 aliphatic carbocycles. The molecule has 0 unspecified atom stereocenters. The van der Waals surface area contributed by atoms with Crippen LogP contribution < -0.4 is 15.0 Å². The number of hydrogen-bond donors (Lipinski definition) is 1. The number of aryl methyl sites for hydroxylation is 1. The van der Waals surface area contributed by atoms with Gasteiger partial charge >= 0.3 is 0 Å². The molecule has 4 heterocycles. The molecule has 1 aromatic carbocycles. The zero-order valence-electron chi connectivity index (χ0n) is 18.2. The average molecular weight is 417 g/mol. The summed E-state index contributed by atoms with van der Waals surface area (Å²) in [7, 11) is 2.24. The standard InChI is InChI=1S/C24H28N6O/c1-4-31-23-8-5-17(13-26-23)21-9-10-25-24(28-21)27-18-6-7-22(16(2)11-18)30-15-19-12-20(30)14-29(19)3/h5-11,13,19-20H,4,12,14-15H2,1-3H3,(H,25,27,28)/t19-,20-/m0/s1. The van der Waals surface area contributed by atoms with Crippen LogP contribution in [-0.2, 0) is 0 Å². The van der Waals surface area contributed by atoms with Crippen molar-refractivity contribution in [2.24, 2.45) is 0 Å². The van der Waals surface area contributed by atoms with Crippen LogP contribution in [0.15, 0.2) is 48.8 Å². The molecule has 0 spiro atoms. The molecule has 3 aromatic rings. The highest BCUT2D eigenvalue weighted by Crippen LogP contribution is 2.36. The maximum absolute atomic E-state index is 5.42. The molecule has 7 heteroatoms. The zero-order valence-corrected chi connectivity index (χ0v) is 18.2. The van der Waals surface area contributed by atoms with Crippen molar-refractivity contribution >= 4 is 17.3 Å². The van der Waals surface area contributed by atoms with Crippen molar-refractivity contribution in [3.63, 3.8) is 0 Å². The van der Waals surface area contributed by atoms with Gasteiger partial charge in [0.25, 0.3) is 0 Å². The summed E-state index contributed by atoms with van der Waals surface area (Å²) >= 11 is 0. The lowest BCUT2D eigenvalue weighted by atomic mass is 10.1. The van der Waals surface area contributed by atoms with Crippen LogP contribution in [0.5, 0.6) is 5.88 Å². The Hall–Kier alpha value is -3.19. The van der Waals surface area contributed by atoms with Crippen molar-refractivity contribution < 1.29 is 4.74 Å². The lowest BCUT2D eigenvalue weighted by Crippen LogP contribution is -2.44. The quantitative estimate of drug-likeness (QED) is 0.654. The first-order valence-electron chi connectivity index (χ1n) is 10.9. The van der Waals surface area contributed by atoms with E-state index in [1.165, 1.54) is 17.7 Å². The van der Waals surface area contributed by atoms with Crippen LogP contribution >= 0.6 is 0 Å². The van der Waals surface area contributed by atoms with E-state index >= 15 is 0 Å². The summed E-state index contributed by atoms with van der Waals surface area (Å²) in [6.07, 6.45) is 4.81. The van der Waals surface area contributed by atoms with Crippen molar-refractivity contribution in [2.75, 3.05) is 37.0 Å². The van der Waals surface area contributed by atoms with E-state index in [1.54, 1.807) is 12.4 Å². The summed E-state index contributed by atoms with van der Waals surface area (Å²) in [5.41, 5.74) is 5.34. The first-order chi connectivity index (χ1) is 15.1. The molecule has 2 aliphatic heterocycles. The monoisotopic (exact) mass is 416 g/mol. The zero-order chi connectivity index (χ0) is 21.4. The Morgan fingerprint density at radius 1 is 1.10 bits per heavy atom. The van der Waals surface area contributed by atoms with E-state index in [0.29, 0.717) is 30.5 Å². The largest absolute Gasteiger partial charge is 0.478 e. The number of nitrogens with one attached hydrogen (secondary N) is 1. The molecule has 7 nitrogen and oxygen atoms in total. The van der Waals surface area contributed by atoms with Crippen LogP contribution in [0.4, 0.5) is 17.3 Å². The second-order valence-corrected chi connectivity index (χ2v) is 8.35. The van der Waals surface area contributed by atoms with E-state index in [4.69, 9.17) is 4.74 Å². The van der Waals surface area contributed by atoms with E-state index in [9.17, 15) is 0 Å². The lowest BCUT2D eigenvalue weighted by molar-refractivity contribution is 0.292. The number of anilines is 3. The Kier molecular flexibility index (Phi) is 5.19. The lowest BCUT2D eigenvalue weighted by Gasteiger charge is -2.34. The molecule has 2 fully saturated rings. The van der Waals surface area contributed by atoms with Gasteiger partial charge in [-0.2, -0.15) is 0 Å². The number of ether oxygens (including phenoxy) is 1. The predicted molar refractivity (Wildman–Crippen MR) is 123 cm³/mol. The van der Waals surface area contributed by atoms with Gasteiger partial charge in [0.1, 0.15) is 0 Å². The molecule has 0 amide bonds. The third-order valence-corrected chi connectivity index (χ3v) is 6.26. The van der Waals surface area contributed by atoms with E-state index in [2.05, 4.69) is 62.2 Å². The highest BCUT2D eigenvalue weighted by atomic mass is 16.5. The smallest absolute Gasteiger partial charge is 0.227 e. The van der Waals surface area contributed by atoms with Crippen LogP contribution in [0.1, 0.15) is 18.9 Å². The molecule has 2 bridgehead atoms. The van der Waals surface area contributed by atoms with Gasteiger partial charge < -0.3 is 15.0 Å². The summed E-state index contributed by atoms with van der Waals surface area (Å²) in [6, 6.07) is 13.6. The van der Waals surface area contributed by atoms with Crippen molar-refractivity contribution in [1.82, 2.24) is 19.9 Å². The normalized spacial score (nSPS) is 20.3. The number of likely N-dealkylation sites (tertiary alicyclic amines) is 1. The molecule has 160 valence electrons. The number of nitrogens with zero attached hydrogens (tertiary/aromatic N) is 5. The number of piperazine rings is 1. The summed E-state index contributed by atoms with van der Waals surface area (Å²) < 4.78 is 5.42. The maximum atomic E-state index is 5.42. The molecule has 0 radical (unpaired) electrons. The van der Waals surface area contributed by atoms with Gasteiger partial charge in [0, 0.05) is 60.6 Å². The van der Waals surface area contributed by atoms with Gasteiger partial charge in [-0.15, -0.1) is 0 Å². The van der Waals surface area contributed by atoms with E-state index in [1.807, 2.05) is 25.1 Å². The van der Waals surface area contributed by atoms with Crippen molar-refractivity contribution in [3.8, 4) is 17.1 Å². The van der Waals surface area contributed by atoms with Crippen LogP contribution in [0, 0.1) is 6.92 Å². The molecular formula is C24H28N6O. The molecule has 2 atom stereocenters. The molecule has 1 N–H and O–H groups in total. The van der Waals surface area contributed by atoms with E-state index < -0.39 is 0 Å². The Morgan fingerprint density at radius 2 is 2.00 bits per heavy atom. The number of hydrogen-bond acceptors (Lipinski definition) is 7. The minimum atomic E-state index is 0.570. The highest BCUT2D eigenvalue weighted by molar-refractivity contribution is 5.66. The van der Waals surface area contributed by atoms with Gasteiger partial charge in [-0.25, -0.2) is 15.0 Å². The van der Waals surface area contributed by atoms with Gasteiger partial charge in [-0.3, -0.25) is 4.90 Å². The minimum Gasteiger partial charge on any atom is -0.478 e. The Labute approximate surface area is 183 Å². The first kappa shape index (κ1) is 19.8. The van der Waals surface area contributed by atoms with Gasteiger partial charge in [0.2, 0.25) is 11.8 Å². The minimum absolute atomic E-state index is 0.570. The highest BCUT2D eigenvalue weighted by Gasteiger charge is 2.41. The fourth-order valence-electron chi connectivity index (χ4n) is 4.69. The van der Waals surface area contributed by atoms with Crippen molar-refractivity contribution in [2.45, 2.75) is 32.4 Å². The molecular weight excluding hydrogens is 388 g/mol. The molecule has 2 saturated heterocycles. The Balaban J connectivity index is 1.31. The topological polar surface area (TPSA) is 66.4 Å². The Morgan fingerprint density at radius 3 is 2.68 bits per heavy atom.